The van der Waals surface area contributed by atoms with E-state index >= 15 is 0 Å². The van der Waals surface area contributed by atoms with Crippen molar-refractivity contribution >= 4 is 11.8 Å². The third-order valence-corrected chi connectivity index (χ3v) is 2.31. The maximum absolute atomic E-state index is 11.7. The Morgan fingerprint density at radius 2 is 2.06 bits per heavy atom. The molecule has 0 spiro atoms. The summed E-state index contributed by atoms with van der Waals surface area (Å²) in [7, 11) is 1.54. The number of amides is 2. The topological polar surface area (TPSA) is 78.4 Å². The number of carbonyl (C=O) groups excluding carboxylic acids is 2. The Bertz CT molecular complexity index is 430. The molecule has 0 heterocycles. The molecule has 1 aromatic rings. The van der Waals surface area contributed by atoms with Crippen LogP contribution < -0.4 is 10.6 Å². The number of carbonyl (C=O) groups is 2. The van der Waals surface area contributed by atoms with Crippen molar-refractivity contribution in [2.75, 3.05) is 13.6 Å². The van der Waals surface area contributed by atoms with Gasteiger partial charge in [-0.15, -0.1) is 0 Å². The second-order valence-corrected chi connectivity index (χ2v) is 3.70. The first-order valence-electron chi connectivity index (χ1n) is 5.33. The van der Waals surface area contributed by atoms with Crippen molar-refractivity contribution in [2.24, 2.45) is 0 Å². The van der Waals surface area contributed by atoms with Crippen LogP contribution in [0.5, 0.6) is 5.75 Å². The smallest absolute Gasteiger partial charge is 0.255 e. The molecule has 1 aromatic carbocycles. The van der Waals surface area contributed by atoms with Gasteiger partial charge < -0.3 is 15.7 Å². The molecule has 0 fully saturated rings. The van der Waals surface area contributed by atoms with Crippen LogP contribution in [-0.2, 0) is 4.79 Å². The lowest BCUT2D eigenvalue weighted by Gasteiger charge is -2.07. The molecular formula is C12H16N2O3. The summed E-state index contributed by atoms with van der Waals surface area (Å²) >= 11 is 0. The van der Waals surface area contributed by atoms with E-state index in [-0.39, 0.29) is 36.1 Å². The number of benzene rings is 1. The van der Waals surface area contributed by atoms with Crippen LogP contribution in [0, 0.1) is 6.92 Å². The molecule has 0 atom stereocenters. The summed E-state index contributed by atoms with van der Waals surface area (Å²) in [5, 5.41) is 14.6. The van der Waals surface area contributed by atoms with Crippen molar-refractivity contribution in [2.45, 2.75) is 13.3 Å². The van der Waals surface area contributed by atoms with Crippen molar-refractivity contribution in [3.63, 3.8) is 0 Å². The van der Waals surface area contributed by atoms with Crippen LogP contribution in [0.3, 0.4) is 0 Å². The number of nitrogens with one attached hydrogen (secondary N) is 2. The quantitative estimate of drug-likeness (QED) is 0.715. The zero-order valence-corrected chi connectivity index (χ0v) is 9.91. The number of phenolic OH excluding ortho intramolecular Hbond substituents is 1. The van der Waals surface area contributed by atoms with Crippen molar-refractivity contribution in [1.82, 2.24) is 10.6 Å². The molecule has 2 amide bonds. The van der Waals surface area contributed by atoms with Gasteiger partial charge in [0.05, 0.1) is 5.56 Å². The number of phenols is 1. The lowest BCUT2D eigenvalue weighted by molar-refractivity contribution is -0.120. The monoisotopic (exact) mass is 236 g/mol. The molecule has 5 heteroatoms. The number of aryl methyl sites for hydroxylation is 1. The predicted molar refractivity (Wildman–Crippen MR) is 63.9 cm³/mol. The van der Waals surface area contributed by atoms with E-state index in [2.05, 4.69) is 10.6 Å². The normalized spacial score (nSPS) is 9.76. The average Bonchev–Trinajstić information content (AvgIpc) is 2.31. The van der Waals surface area contributed by atoms with Crippen LogP contribution in [0.4, 0.5) is 0 Å². The van der Waals surface area contributed by atoms with E-state index in [1.807, 2.05) is 6.92 Å². The third kappa shape index (κ3) is 3.79. The maximum Gasteiger partial charge on any atom is 0.255 e. The van der Waals surface area contributed by atoms with Gasteiger partial charge in [-0.2, -0.15) is 0 Å². The Kier molecular flexibility index (Phi) is 4.51. The second kappa shape index (κ2) is 5.89. The molecule has 92 valence electrons. The maximum atomic E-state index is 11.7. The first kappa shape index (κ1) is 13.0. The molecule has 17 heavy (non-hydrogen) atoms. The van der Waals surface area contributed by atoms with Crippen LogP contribution in [0.1, 0.15) is 22.3 Å². The molecule has 0 radical (unpaired) electrons. The van der Waals surface area contributed by atoms with Crippen LogP contribution in [0.2, 0.25) is 0 Å². The van der Waals surface area contributed by atoms with E-state index in [0.717, 1.165) is 5.56 Å². The Balaban J connectivity index is 2.58. The van der Waals surface area contributed by atoms with Gasteiger partial charge in [0.1, 0.15) is 5.75 Å². The molecule has 0 saturated carbocycles. The fourth-order valence-corrected chi connectivity index (χ4v) is 1.34. The van der Waals surface area contributed by atoms with Crippen molar-refractivity contribution in [3.05, 3.63) is 29.3 Å². The standard InChI is InChI=1S/C12H16N2O3/c1-8-3-4-10(15)9(7-8)12(17)14-6-5-11(16)13-2/h3-4,7,15H,5-6H2,1-2H3,(H,13,16)(H,14,17). The minimum atomic E-state index is -0.380. The van der Waals surface area contributed by atoms with Crippen LogP contribution in [0.15, 0.2) is 18.2 Å². The lowest BCUT2D eigenvalue weighted by Crippen LogP contribution is -2.29. The first-order chi connectivity index (χ1) is 8.04. The van der Waals surface area contributed by atoms with Crippen LogP contribution in [-0.4, -0.2) is 30.5 Å². The average molecular weight is 236 g/mol. The van der Waals surface area contributed by atoms with E-state index in [1.54, 1.807) is 12.1 Å². The summed E-state index contributed by atoms with van der Waals surface area (Å²) in [4.78, 5) is 22.6. The molecular weight excluding hydrogens is 220 g/mol. The van der Waals surface area contributed by atoms with E-state index < -0.39 is 0 Å². The van der Waals surface area contributed by atoms with Gasteiger partial charge in [-0.25, -0.2) is 0 Å². The van der Waals surface area contributed by atoms with Gasteiger partial charge in [0, 0.05) is 20.0 Å². The van der Waals surface area contributed by atoms with Crippen molar-refractivity contribution in [3.8, 4) is 5.75 Å². The number of rotatable bonds is 4. The Morgan fingerprint density at radius 1 is 1.35 bits per heavy atom. The number of hydrogen-bond donors (Lipinski definition) is 3. The van der Waals surface area contributed by atoms with E-state index in [9.17, 15) is 14.7 Å². The zero-order valence-electron chi connectivity index (χ0n) is 9.91. The van der Waals surface area contributed by atoms with Gasteiger partial charge in [0.2, 0.25) is 5.91 Å². The van der Waals surface area contributed by atoms with Gasteiger partial charge in [0.25, 0.3) is 5.91 Å². The highest BCUT2D eigenvalue weighted by molar-refractivity contribution is 5.97. The fraction of sp³-hybridized carbons (Fsp3) is 0.333. The van der Waals surface area contributed by atoms with E-state index in [1.165, 1.54) is 13.1 Å². The van der Waals surface area contributed by atoms with Gasteiger partial charge >= 0.3 is 0 Å². The molecule has 5 nitrogen and oxygen atoms in total. The van der Waals surface area contributed by atoms with Crippen molar-refractivity contribution in [1.29, 1.82) is 0 Å². The number of hydrogen-bond acceptors (Lipinski definition) is 3. The van der Waals surface area contributed by atoms with Gasteiger partial charge in [-0.1, -0.05) is 11.6 Å². The molecule has 0 saturated heterocycles. The number of aromatic hydroxyl groups is 1. The lowest BCUT2D eigenvalue weighted by atomic mass is 10.1. The highest BCUT2D eigenvalue weighted by atomic mass is 16.3. The van der Waals surface area contributed by atoms with Gasteiger partial charge in [-0.05, 0) is 19.1 Å². The third-order valence-electron chi connectivity index (χ3n) is 2.31. The molecule has 0 aromatic heterocycles. The first-order valence-corrected chi connectivity index (χ1v) is 5.33. The summed E-state index contributed by atoms with van der Waals surface area (Å²) in [5.74, 6) is -0.582. The Hall–Kier alpha value is -2.04. The summed E-state index contributed by atoms with van der Waals surface area (Å²) in [6, 6.07) is 4.80. The van der Waals surface area contributed by atoms with E-state index in [0.29, 0.717) is 0 Å². The second-order valence-electron chi connectivity index (χ2n) is 3.70. The summed E-state index contributed by atoms with van der Waals surface area (Å²) in [6.45, 7) is 2.08. The Labute approximate surface area is 99.8 Å². The SMILES string of the molecule is CNC(=O)CCNC(=O)c1cc(C)ccc1O. The van der Waals surface area contributed by atoms with Gasteiger partial charge in [-0.3, -0.25) is 9.59 Å². The van der Waals surface area contributed by atoms with Crippen LogP contribution in [0.25, 0.3) is 0 Å². The molecule has 0 unspecified atom stereocenters. The minimum Gasteiger partial charge on any atom is -0.507 e. The highest BCUT2D eigenvalue weighted by Gasteiger charge is 2.10. The zero-order chi connectivity index (χ0) is 12.8. The summed E-state index contributed by atoms with van der Waals surface area (Å²) in [5.41, 5.74) is 1.11. The fourth-order valence-electron chi connectivity index (χ4n) is 1.34. The minimum absolute atomic E-state index is 0.0620. The Morgan fingerprint density at radius 3 is 2.71 bits per heavy atom. The predicted octanol–water partition coefficient (Wildman–Crippen LogP) is 0.567. The largest absolute Gasteiger partial charge is 0.507 e. The summed E-state index contributed by atoms with van der Waals surface area (Å²) < 4.78 is 0. The molecule has 0 aliphatic carbocycles. The molecule has 1 rings (SSSR count). The van der Waals surface area contributed by atoms with Crippen LogP contribution >= 0.6 is 0 Å². The highest BCUT2D eigenvalue weighted by Crippen LogP contribution is 2.17. The molecule has 3 N–H and O–H groups in total. The molecule has 0 aliphatic heterocycles. The molecule has 0 aliphatic rings. The summed E-state index contributed by atoms with van der Waals surface area (Å²) in [6.07, 6.45) is 0.217. The van der Waals surface area contributed by atoms with E-state index in [4.69, 9.17) is 0 Å². The van der Waals surface area contributed by atoms with Crippen molar-refractivity contribution < 1.29 is 14.7 Å². The molecule has 0 bridgehead atoms. The van der Waals surface area contributed by atoms with Gasteiger partial charge in [0.15, 0.2) is 0 Å².